The van der Waals surface area contributed by atoms with Gasteiger partial charge >= 0.3 is 0 Å². The van der Waals surface area contributed by atoms with Gasteiger partial charge in [0.1, 0.15) is 0 Å². The van der Waals surface area contributed by atoms with E-state index >= 15 is 0 Å². The van der Waals surface area contributed by atoms with Crippen LogP contribution >= 0.6 is 0 Å². The lowest BCUT2D eigenvalue weighted by Crippen LogP contribution is -2.26. The summed E-state index contributed by atoms with van der Waals surface area (Å²) in [5.41, 5.74) is 2.14. The van der Waals surface area contributed by atoms with Gasteiger partial charge in [0.15, 0.2) is 0 Å². The summed E-state index contributed by atoms with van der Waals surface area (Å²) in [6.45, 7) is 8.32. The second-order valence-corrected chi connectivity index (χ2v) is 5.92. The highest BCUT2D eigenvalue weighted by atomic mass is 16.5. The van der Waals surface area contributed by atoms with E-state index in [2.05, 4.69) is 37.1 Å². The third-order valence-corrected chi connectivity index (χ3v) is 3.80. The van der Waals surface area contributed by atoms with Gasteiger partial charge in [-0.3, -0.25) is 4.98 Å². The molecule has 0 saturated heterocycles. The molecular weight excluding hydrogens is 236 g/mol. The molecule has 2 rings (SSSR count). The molecule has 1 aliphatic carbocycles. The fourth-order valence-corrected chi connectivity index (χ4v) is 3.08. The van der Waals surface area contributed by atoms with Gasteiger partial charge in [-0.15, -0.1) is 0 Å². The van der Waals surface area contributed by atoms with Crippen LogP contribution in [0.1, 0.15) is 45.7 Å². The Hall–Kier alpha value is -1.09. The third kappa shape index (κ3) is 4.50. The minimum Gasteiger partial charge on any atom is -0.385 e. The van der Waals surface area contributed by atoms with Gasteiger partial charge in [0, 0.05) is 18.4 Å². The lowest BCUT2D eigenvalue weighted by Gasteiger charge is -2.31. The summed E-state index contributed by atoms with van der Waals surface area (Å²) in [5, 5.41) is 3.30. The number of nitrogens with one attached hydrogen (secondary N) is 1. The molecule has 0 bridgehead atoms. The first-order chi connectivity index (χ1) is 9.17. The van der Waals surface area contributed by atoms with E-state index in [1.165, 1.54) is 19.3 Å². The van der Waals surface area contributed by atoms with E-state index in [4.69, 9.17) is 4.74 Å². The Morgan fingerprint density at radius 3 is 2.68 bits per heavy atom. The molecule has 1 aromatic rings. The normalized spacial score (nSPS) is 27.2. The molecule has 0 spiro atoms. The summed E-state index contributed by atoms with van der Waals surface area (Å²) in [5.74, 6) is 1.57. The molecule has 2 unspecified atom stereocenters. The van der Waals surface area contributed by atoms with Gasteiger partial charge in [-0.25, -0.2) is 0 Å². The molecule has 3 nitrogen and oxygen atoms in total. The van der Waals surface area contributed by atoms with Crippen molar-refractivity contribution >= 4 is 5.69 Å². The van der Waals surface area contributed by atoms with Crippen molar-refractivity contribution in [3.8, 4) is 0 Å². The van der Waals surface area contributed by atoms with Crippen LogP contribution in [0.15, 0.2) is 18.3 Å². The average molecular weight is 262 g/mol. The van der Waals surface area contributed by atoms with Crippen molar-refractivity contribution in [2.45, 2.75) is 52.7 Å². The lowest BCUT2D eigenvalue weighted by atomic mass is 9.82. The maximum atomic E-state index is 6.05. The van der Waals surface area contributed by atoms with Crippen molar-refractivity contribution in [3.05, 3.63) is 24.0 Å². The van der Waals surface area contributed by atoms with Crippen LogP contribution in [0.4, 0.5) is 5.69 Å². The van der Waals surface area contributed by atoms with Gasteiger partial charge in [-0.1, -0.05) is 13.8 Å². The predicted molar refractivity (Wildman–Crippen MR) is 79.2 cm³/mol. The highest BCUT2D eigenvalue weighted by Gasteiger charge is 2.24. The van der Waals surface area contributed by atoms with Crippen molar-refractivity contribution in [1.29, 1.82) is 0 Å². The molecular formula is C16H26N2O. The first-order valence-corrected chi connectivity index (χ1v) is 7.47. The Bertz CT molecular complexity index is 384. The van der Waals surface area contributed by atoms with Crippen molar-refractivity contribution in [3.63, 3.8) is 0 Å². The summed E-state index contributed by atoms with van der Waals surface area (Å²) in [4.78, 5) is 4.38. The van der Waals surface area contributed by atoms with Gasteiger partial charge in [0.2, 0.25) is 0 Å². The molecule has 0 aliphatic heterocycles. The maximum absolute atomic E-state index is 6.05. The quantitative estimate of drug-likeness (QED) is 0.875. The van der Waals surface area contributed by atoms with E-state index in [0.717, 1.165) is 29.8 Å². The number of pyridine rings is 1. The van der Waals surface area contributed by atoms with Crippen LogP contribution in [-0.4, -0.2) is 17.6 Å². The monoisotopic (exact) mass is 262 g/mol. The van der Waals surface area contributed by atoms with E-state index in [0.29, 0.717) is 12.7 Å². The fourth-order valence-electron chi connectivity index (χ4n) is 3.08. The van der Waals surface area contributed by atoms with Gasteiger partial charge in [0.05, 0.1) is 18.4 Å². The zero-order valence-electron chi connectivity index (χ0n) is 12.4. The number of hydrogen-bond acceptors (Lipinski definition) is 3. The van der Waals surface area contributed by atoms with Crippen LogP contribution in [0.2, 0.25) is 0 Å². The smallest absolute Gasteiger partial charge is 0.0892 e. The van der Waals surface area contributed by atoms with E-state index in [1.807, 2.05) is 12.3 Å². The largest absolute Gasteiger partial charge is 0.385 e. The van der Waals surface area contributed by atoms with Gasteiger partial charge in [-0.2, -0.15) is 0 Å². The minimum atomic E-state index is 0.406. The molecule has 3 heteroatoms. The number of anilines is 1. The Morgan fingerprint density at radius 2 is 2.00 bits per heavy atom. The number of hydrogen-bond donors (Lipinski definition) is 1. The number of nitrogens with zero attached hydrogens (tertiary/aromatic N) is 1. The van der Waals surface area contributed by atoms with Gasteiger partial charge in [-0.05, 0) is 50.2 Å². The van der Waals surface area contributed by atoms with Crippen molar-refractivity contribution in [1.82, 2.24) is 4.98 Å². The van der Waals surface area contributed by atoms with Crippen LogP contribution in [0.3, 0.4) is 0 Å². The Morgan fingerprint density at radius 1 is 1.26 bits per heavy atom. The molecule has 1 fully saturated rings. The second-order valence-electron chi connectivity index (χ2n) is 5.92. The first kappa shape index (κ1) is 14.3. The fraction of sp³-hybridized carbons (Fsp3) is 0.688. The zero-order valence-corrected chi connectivity index (χ0v) is 12.4. The predicted octanol–water partition coefficient (Wildman–Crippen LogP) is 3.85. The summed E-state index contributed by atoms with van der Waals surface area (Å²) in [7, 11) is 0. The molecule has 1 heterocycles. The molecule has 1 saturated carbocycles. The third-order valence-electron chi connectivity index (χ3n) is 3.80. The topological polar surface area (TPSA) is 34.2 Å². The van der Waals surface area contributed by atoms with Crippen LogP contribution in [0, 0.1) is 11.8 Å². The lowest BCUT2D eigenvalue weighted by molar-refractivity contribution is -0.0104. The highest BCUT2D eigenvalue weighted by molar-refractivity contribution is 5.42. The molecule has 0 aromatic carbocycles. The molecule has 1 N–H and O–H groups in total. The molecule has 0 radical (unpaired) electrons. The van der Waals surface area contributed by atoms with Crippen molar-refractivity contribution in [2.75, 3.05) is 11.9 Å². The maximum Gasteiger partial charge on any atom is 0.0892 e. The molecule has 0 amide bonds. The van der Waals surface area contributed by atoms with E-state index in [-0.39, 0.29) is 0 Å². The summed E-state index contributed by atoms with van der Waals surface area (Å²) in [6, 6.07) is 4.08. The van der Waals surface area contributed by atoms with Crippen LogP contribution in [-0.2, 0) is 11.3 Å². The number of aromatic nitrogens is 1. The molecule has 1 aliphatic rings. The summed E-state index contributed by atoms with van der Waals surface area (Å²) in [6.07, 6.45) is 5.98. The van der Waals surface area contributed by atoms with Gasteiger partial charge in [0.25, 0.3) is 0 Å². The number of ether oxygens (including phenoxy) is 1. The Labute approximate surface area is 116 Å². The standard InChI is InChI=1S/C16H26N2O/c1-4-17-14-5-6-18-15(10-14)11-19-16-8-12(2)7-13(3)9-16/h5-6,10,12-13,16H,4,7-9,11H2,1-3H3,(H,17,18). The van der Waals surface area contributed by atoms with E-state index < -0.39 is 0 Å². The van der Waals surface area contributed by atoms with E-state index in [1.54, 1.807) is 0 Å². The zero-order chi connectivity index (χ0) is 13.7. The molecule has 1 aromatic heterocycles. The highest BCUT2D eigenvalue weighted by Crippen LogP contribution is 2.30. The van der Waals surface area contributed by atoms with Gasteiger partial charge < -0.3 is 10.1 Å². The van der Waals surface area contributed by atoms with E-state index in [9.17, 15) is 0 Å². The van der Waals surface area contributed by atoms with Crippen LogP contribution in [0.5, 0.6) is 0 Å². The minimum absolute atomic E-state index is 0.406. The molecule has 106 valence electrons. The Kier molecular flexibility index (Phi) is 5.20. The van der Waals surface area contributed by atoms with Crippen molar-refractivity contribution < 1.29 is 4.74 Å². The second kappa shape index (κ2) is 6.90. The summed E-state index contributed by atoms with van der Waals surface area (Å²) < 4.78 is 6.05. The SMILES string of the molecule is CCNc1ccnc(COC2CC(C)CC(C)C2)c1. The first-order valence-electron chi connectivity index (χ1n) is 7.47. The summed E-state index contributed by atoms with van der Waals surface area (Å²) >= 11 is 0. The average Bonchev–Trinajstić information content (AvgIpc) is 2.36. The van der Waals surface area contributed by atoms with Crippen LogP contribution < -0.4 is 5.32 Å². The molecule has 19 heavy (non-hydrogen) atoms. The molecule has 2 atom stereocenters. The van der Waals surface area contributed by atoms with Crippen molar-refractivity contribution in [2.24, 2.45) is 11.8 Å². The van der Waals surface area contributed by atoms with Crippen LogP contribution in [0.25, 0.3) is 0 Å². The Balaban J connectivity index is 1.86. The number of rotatable bonds is 5.